The van der Waals surface area contributed by atoms with Gasteiger partial charge in [0.05, 0.1) is 13.2 Å². The Bertz CT molecular complexity index is 519. The van der Waals surface area contributed by atoms with Gasteiger partial charge in [-0.05, 0) is 12.3 Å². The van der Waals surface area contributed by atoms with Crippen LogP contribution < -0.4 is 5.73 Å². The lowest BCUT2D eigenvalue weighted by molar-refractivity contribution is -0.129. The van der Waals surface area contributed by atoms with Crippen LogP contribution in [0.15, 0.2) is 28.4 Å². The summed E-state index contributed by atoms with van der Waals surface area (Å²) in [4.78, 5) is 22.2. The monoisotopic (exact) mass is 326 g/mol. The van der Waals surface area contributed by atoms with Crippen molar-refractivity contribution >= 4 is 35.2 Å². The minimum Gasteiger partial charge on any atom is -0.384 e. The molecule has 0 saturated carbocycles. The minimum absolute atomic E-state index is 0.0252. The molecule has 6 nitrogen and oxygen atoms in total. The molecule has 1 aliphatic rings. The van der Waals surface area contributed by atoms with E-state index in [1.807, 2.05) is 12.3 Å². The molecule has 1 amide bonds. The molecule has 0 aliphatic carbocycles. The Labute approximate surface area is 132 Å². The third-order valence-electron chi connectivity index (χ3n) is 2.80. The number of nitrogens with two attached hydrogens (primary N) is 1. The highest BCUT2D eigenvalue weighted by atomic mass is 32.2. The van der Waals surface area contributed by atoms with Gasteiger partial charge in [0.25, 0.3) is 0 Å². The Morgan fingerprint density at radius 2 is 2.24 bits per heavy atom. The molecule has 2 heterocycles. The molecule has 0 radical (unpaired) electrons. The van der Waals surface area contributed by atoms with Crippen LogP contribution in [-0.2, 0) is 9.53 Å². The van der Waals surface area contributed by atoms with E-state index >= 15 is 0 Å². The Balaban J connectivity index is 1.81. The van der Waals surface area contributed by atoms with Crippen molar-refractivity contribution in [3.8, 4) is 0 Å². The number of carbonyl (C=O) groups is 1. The number of aromatic nitrogens is 2. The average molecular weight is 326 g/mol. The molecule has 0 aromatic carbocycles. The zero-order valence-corrected chi connectivity index (χ0v) is 13.5. The SMILES string of the molecule is CSc1cc(N)nc(SCC=CC(=O)N2CCOCC2)n1. The molecule has 0 spiro atoms. The van der Waals surface area contributed by atoms with Gasteiger partial charge < -0.3 is 15.4 Å². The Hall–Kier alpha value is -1.25. The number of thioether (sulfide) groups is 2. The maximum Gasteiger partial charge on any atom is 0.246 e. The lowest BCUT2D eigenvalue weighted by atomic mass is 10.4. The standard InChI is InChI=1S/C13H18N4O2S2/c1-20-11-9-10(14)15-13(16-11)21-8-2-3-12(18)17-4-6-19-7-5-17/h2-3,9H,4-8H2,1H3,(H2,14,15,16). The normalized spacial score (nSPS) is 15.6. The van der Waals surface area contributed by atoms with Gasteiger partial charge in [0.1, 0.15) is 10.8 Å². The summed E-state index contributed by atoms with van der Waals surface area (Å²) in [5.41, 5.74) is 5.72. The molecule has 21 heavy (non-hydrogen) atoms. The number of amides is 1. The maximum absolute atomic E-state index is 11.9. The van der Waals surface area contributed by atoms with Gasteiger partial charge in [-0.25, -0.2) is 9.97 Å². The second-order valence-corrected chi connectivity index (χ2v) is 6.08. The number of rotatable bonds is 5. The molecule has 1 aromatic rings. The Morgan fingerprint density at radius 3 is 2.95 bits per heavy atom. The summed E-state index contributed by atoms with van der Waals surface area (Å²) >= 11 is 2.98. The maximum atomic E-state index is 11.9. The highest BCUT2D eigenvalue weighted by molar-refractivity contribution is 7.99. The summed E-state index contributed by atoms with van der Waals surface area (Å²) in [5.74, 6) is 1.12. The van der Waals surface area contributed by atoms with E-state index in [4.69, 9.17) is 10.5 Å². The minimum atomic E-state index is 0.0252. The zero-order chi connectivity index (χ0) is 15.1. The van der Waals surface area contributed by atoms with Crippen molar-refractivity contribution in [1.82, 2.24) is 14.9 Å². The third kappa shape index (κ3) is 5.22. The lowest BCUT2D eigenvalue weighted by Crippen LogP contribution is -2.39. The fourth-order valence-corrected chi connectivity index (χ4v) is 2.90. The molecule has 1 saturated heterocycles. The van der Waals surface area contributed by atoms with Crippen LogP contribution in [0.5, 0.6) is 0 Å². The molecule has 0 bridgehead atoms. The molecule has 8 heteroatoms. The number of morpholine rings is 1. The van der Waals surface area contributed by atoms with Gasteiger partial charge in [-0.3, -0.25) is 4.79 Å². The van der Waals surface area contributed by atoms with E-state index in [1.54, 1.807) is 17.0 Å². The van der Waals surface area contributed by atoms with Crippen LogP contribution in [0.25, 0.3) is 0 Å². The van der Waals surface area contributed by atoms with E-state index in [0.717, 1.165) is 5.03 Å². The predicted molar refractivity (Wildman–Crippen MR) is 85.5 cm³/mol. The van der Waals surface area contributed by atoms with Crippen LogP contribution in [0.4, 0.5) is 5.82 Å². The second-order valence-electron chi connectivity index (χ2n) is 4.27. The van der Waals surface area contributed by atoms with Crippen LogP contribution in [0, 0.1) is 0 Å². The first kappa shape index (κ1) is 16.1. The topological polar surface area (TPSA) is 81.3 Å². The zero-order valence-electron chi connectivity index (χ0n) is 11.8. The number of nitrogens with zero attached hydrogens (tertiary/aromatic N) is 3. The molecule has 1 aliphatic heterocycles. The molecule has 0 unspecified atom stereocenters. The van der Waals surface area contributed by atoms with Gasteiger partial charge in [-0.2, -0.15) is 0 Å². The Morgan fingerprint density at radius 1 is 1.48 bits per heavy atom. The number of hydrogen-bond acceptors (Lipinski definition) is 7. The van der Waals surface area contributed by atoms with Crippen LogP contribution in [0.2, 0.25) is 0 Å². The van der Waals surface area contributed by atoms with Crippen molar-refractivity contribution in [2.45, 2.75) is 10.2 Å². The smallest absolute Gasteiger partial charge is 0.246 e. The molecular formula is C13H18N4O2S2. The van der Waals surface area contributed by atoms with Crippen LogP contribution in [0.3, 0.4) is 0 Å². The quantitative estimate of drug-likeness (QED) is 0.378. The van der Waals surface area contributed by atoms with Gasteiger partial charge in [-0.15, -0.1) is 11.8 Å². The number of hydrogen-bond donors (Lipinski definition) is 1. The van der Waals surface area contributed by atoms with Crippen LogP contribution in [0.1, 0.15) is 0 Å². The second kappa shape index (κ2) is 8.26. The molecule has 0 atom stereocenters. The first-order valence-electron chi connectivity index (χ1n) is 6.53. The first-order chi connectivity index (χ1) is 10.2. The molecule has 114 valence electrons. The van der Waals surface area contributed by atoms with E-state index in [-0.39, 0.29) is 5.91 Å². The van der Waals surface area contributed by atoms with Crippen molar-refractivity contribution in [3.63, 3.8) is 0 Å². The highest BCUT2D eigenvalue weighted by Gasteiger charge is 2.13. The van der Waals surface area contributed by atoms with Gasteiger partial charge in [0.2, 0.25) is 5.91 Å². The number of nitrogen functional groups attached to an aromatic ring is 1. The van der Waals surface area contributed by atoms with E-state index in [1.165, 1.54) is 23.5 Å². The summed E-state index contributed by atoms with van der Waals surface area (Å²) in [7, 11) is 0. The highest BCUT2D eigenvalue weighted by Crippen LogP contribution is 2.20. The van der Waals surface area contributed by atoms with Crippen molar-refractivity contribution in [1.29, 1.82) is 0 Å². The van der Waals surface area contributed by atoms with Crippen LogP contribution >= 0.6 is 23.5 Å². The summed E-state index contributed by atoms with van der Waals surface area (Å²) in [6.07, 6.45) is 5.37. The molecular weight excluding hydrogens is 308 g/mol. The van der Waals surface area contributed by atoms with Crippen LogP contribution in [-0.4, -0.2) is 59.1 Å². The summed E-state index contributed by atoms with van der Waals surface area (Å²) < 4.78 is 5.21. The first-order valence-corrected chi connectivity index (χ1v) is 8.74. The predicted octanol–water partition coefficient (Wildman–Crippen LogP) is 1.29. The van der Waals surface area contributed by atoms with Crippen molar-refractivity contribution in [2.75, 3.05) is 44.0 Å². The number of ether oxygens (including phenoxy) is 1. The van der Waals surface area contributed by atoms with E-state index in [2.05, 4.69) is 9.97 Å². The largest absolute Gasteiger partial charge is 0.384 e. The third-order valence-corrected chi connectivity index (χ3v) is 4.23. The molecule has 1 fully saturated rings. The van der Waals surface area contributed by atoms with Gasteiger partial charge >= 0.3 is 0 Å². The molecule has 2 rings (SSSR count). The van der Waals surface area contributed by atoms with Crippen molar-refractivity contribution < 1.29 is 9.53 Å². The fourth-order valence-electron chi connectivity index (χ4n) is 1.75. The van der Waals surface area contributed by atoms with Gasteiger partial charge in [0, 0.05) is 24.9 Å². The average Bonchev–Trinajstić information content (AvgIpc) is 2.51. The number of anilines is 1. The van der Waals surface area contributed by atoms with Crippen molar-refractivity contribution in [3.05, 3.63) is 18.2 Å². The summed E-state index contributed by atoms with van der Waals surface area (Å²) in [6.45, 7) is 2.54. The van der Waals surface area contributed by atoms with Gasteiger partial charge in [0.15, 0.2) is 5.16 Å². The Kier molecular flexibility index (Phi) is 6.34. The van der Waals surface area contributed by atoms with E-state index < -0.39 is 0 Å². The lowest BCUT2D eigenvalue weighted by Gasteiger charge is -2.25. The van der Waals surface area contributed by atoms with E-state index in [9.17, 15) is 4.79 Å². The van der Waals surface area contributed by atoms with Gasteiger partial charge in [-0.1, -0.05) is 17.8 Å². The molecule has 1 aromatic heterocycles. The fraction of sp³-hybridized carbons (Fsp3) is 0.462. The number of carbonyl (C=O) groups excluding carboxylic acids is 1. The molecule has 2 N–H and O–H groups in total. The van der Waals surface area contributed by atoms with Crippen molar-refractivity contribution in [2.24, 2.45) is 0 Å². The summed E-state index contributed by atoms with van der Waals surface area (Å²) in [6, 6.07) is 1.74. The van der Waals surface area contributed by atoms with E-state index in [0.29, 0.717) is 43.0 Å². The summed E-state index contributed by atoms with van der Waals surface area (Å²) in [5, 5.41) is 1.47.